The smallest absolute Gasteiger partial charge is 0.328 e. The van der Waals surface area contributed by atoms with Crippen molar-refractivity contribution in [2.75, 3.05) is 13.7 Å². The lowest BCUT2D eigenvalue weighted by molar-refractivity contribution is -0.153. The summed E-state index contributed by atoms with van der Waals surface area (Å²) < 4.78 is 10.2. The Morgan fingerprint density at radius 3 is 2.52 bits per heavy atom. The van der Waals surface area contributed by atoms with Gasteiger partial charge in [-0.15, -0.1) is 0 Å². The summed E-state index contributed by atoms with van der Waals surface area (Å²) in [6, 6.07) is 8.73. The molecule has 0 unspecified atom stereocenters. The van der Waals surface area contributed by atoms with Gasteiger partial charge in [-0.1, -0.05) is 30.3 Å². The van der Waals surface area contributed by atoms with E-state index in [4.69, 9.17) is 14.5 Å². The molecule has 29 heavy (non-hydrogen) atoms. The molecule has 3 atom stereocenters. The molecule has 158 valence electrons. The van der Waals surface area contributed by atoms with Gasteiger partial charge in [-0.05, 0) is 45.1 Å². The number of aliphatic imine (C=N–C) groups is 1. The Morgan fingerprint density at radius 1 is 1.24 bits per heavy atom. The molecule has 1 N–H and O–H groups in total. The van der Waals surface area contributed by atoms with E-state index in [1.165, 1.54) is 14.0 Å². The zero-order valence-corrected chi connectivity index (χ0v) is 17.6. The highest BCUT2D eigenvalue weighted by Crippen LogP contribution is 2.42. The molecule has 1 aliphatic rings. The van der Waals surface area contributed by atoms with Crippen LogP contribution in [0.4, 0.5) is 0 Å². The molecule has 1 fully saturated rings. The topological polar surface area (TPSA) is 94.1 Å². The largest absolute Gasteiger partial charge is 0.467 e. The minimum atomic E-state index is -1.06. The number of benzene rings is 1. The lowest BCUT2D eigenvalue weighted by Crippen LogP contribution is -2.48. The summed E-state index contributed by atoms with van der Waals surface area (Å²) in [7, 11) is 1.26. The van der Waals surface area contributed by atoms with Crippen LogP contribution in [0.25, 0.3) is 0 Å². The van der Waals surface area contributed by atoms with Gasteiger partial charge < -0.3 is 14.8 Å². The number of ether oxygens (including phenoxy) is 2. The lowest BCUT2D eigenvalue weighted by Gasteiger charge is -2.31. The maximum atomic E-state index is 13.1. The van der Waals surface area contributed by atoms with E-state index in [1.54, 1.807) is 6.92 Å². The van der Waals surface area contributed by atoms with Gasteiger partial charge >= 0.3 is 11.9 Å². The van der Waals surface area contributed by atoms with E-state index in [9.17, 15) is 14.4 Å². The van der Waals surface area contributed by atoms with E-state index in [1.807, 2.05) is 37.3 Å². The Labute approximate surface area is 171 Å². The van der Waals surface area contributed by atoms with Gasteiger partial charge in [0.25, 0.3) is 0 Å². The number of rotatable bonds is 8. The predicted molar refractivity (Wildman–Crippen MR) is 109 cm³/mol. The number of amides is 1. The second kappa shape index (κ2) is 10.2. The van der Waals surface area contributed by atoms with Gasteiger partial charge in [0, 0.05) is 12.6 Å². The zero-order valence-electron chi connectivity index (χ0n) is 17.6. The Hall–Kier alpha value is -2.70. The summed E-state index contributed by atoms with van der Waals surface area (Å²) in [4.78, 5) is 41.8. The number of nitrogens with zero attached hydrogens (tertiary/aromatic N) is 1. The average molecular weight is 402 g/mol. The van der Waals surface area contributed by atoms with E-state index in [0.29, 0.717) is 18.6 Å². The van der Waals surface area contributed by atoms with Crippen LogP contribution >= 0.6 is 0 Å². The first-order valence-electron chi connectivity index (χ1n) is 9.98. The van der Waals surface area contributed by atoms with Crippen molar-refractivity contribution in [3.05, 3.63) is 35.9 Å². The SMILES string of the molecule is CCOC(=O)[C@]1(C[C@H](NC(C)=O)C(=O)OC)CCC/C1=N\[C@@H](C)c1ccccc1. The number of esters is 2. The third-order valence-corrected chi connectivity index (χ3v) is 5.28. The molecule has 7 nitrogen and oxygen atoms in total. The van der Waals surface area contributed by atoms with Crippen LogP contribution in [0.2, 0.25) is 0 Å². The minimum Gasteiger partial charge on any atom is -0.467 e. The molecule has 1 amide bonds. The third-order valence-electron chi connectivity index (χ3n) is 5.28. The molecule has 7 heteroatoms. The number of hydrogen-bond acceptors (Lipinski definition) is 6. The first-order valence-corrected chi connectivity index (χ1v) is 9.98. The van der Waals surface area contributed by atoms with E-state index < -0.39 is 23.4 Å². The van der Waals surface area contributed by atoms with E-state index in [-0.39, 0.29) is 25.0 Å². The fourth-order valence-corrected chi connectivity index (χ4v) is 3.89. The Morgan fingerprint density at radius 2 is 1.93 bits per heavy atom. The first kappa shape index (κ1) is 22.6. The Kier molecular flexibility index (Phi) is 7.93. The van der Waals surface area contributed by atoms with Crippen molar-refractivity contribution < 1.29 is 23.9 Å². The maximum Gasteiger partial charge on any atom is 0.328 e. The highest BCUT2D eigenvalue weighted by molar-refractivity contribution is 6.08. The third kappa shape index (κ3) is 5.43. The van der Waals surface area contributed by atoms with Crippen molar-refractivity contribution in [2.24, 2.45) is 10.4 Å². The van der Waals surface area contributed by atoms with Gasteiger partial charge in [-0.2, -0.15) is 0 Å². The van der Waals surface area contributed by atoms with Crippen molar-refractivity contribution in [1.29, 1.82) is 0 Å². The molecular weight excluding hydrogens is 372 g/mol. The molecular formula is C22H30N2O5. The molecule has 0 aliphatic heterocycles. The lowest BCUT2D eigenvalue weighted by atomic mass is 9.78. The second-order valence-electron chi connectivity index (χ2n) is 7.30. The molecule has 0 aromatic heterocycles. The number of methoxy groups -OCH3 is 1. The first-order chi connectivity index (χ1) is 13.8. The molecule has 1 aromatic carbocycles. The summed E-state index contributed by atoms with van der Waals surface area (Å²) in [5.74, 6) is -1.37. The quantitative estimate of drug-likeness (QED) is 0.675. The molecule has 1 aromatic rings. The highest BCUT2D eigenvalue weighted by Gasteiger charge is 2.50. The fraction of sp³-hybridized carbons (Fsp3) is 0.545. The number of carbonyl (C=O) groups is 3. The summed E-state index contributed by atoms with van der Waals surface area (Å²) in [6.07, 6.45) is 1.98. The molecule has 0 spiro atoms. The van der Waals surface area contributed by atoms with Crippen molar-refractivity contribution in [1.82, 2.24) is 5.32 Å². The molecule has 0 bridgehead atoms. The van der Waals surface area contributed by atoms with E-state index in [2.05, 4.69) is 5.32 Å². The van der Waals surface area contributed by atoms with Crippen molar-refractivity contribution in [3.63, 3.8) is 0 Å². The maximum absolute atomic E-state index is 13.1. The van der Waals surface area contributed by atoms with E-state index >= 15 is 0 Å². The zero-order chi connectivity index (χ0) is 21.4. The second-order valence-corrected chi connectivity index (χ2v) is 7.30. The van der Waals surface area contributed by atoms with Gasteiger partial charge in [-0.3, -0.25) is 14.6 Å². The normalized spacial score (nSPS) is 22.0. The van der Waals surface area contributed by atoms with Crippen LogP contribution in [0.3, 0.4) is 0 Å². The summed E-state index contributed by atoms with van der Waals surface area (Å²) in [5, 5.41) is 2.61. The summed E-state index contributed by atoms with van der Waals surface area (Å²) in [5.41, 5.74) is 0.697. The standard InChI is InChI=1S/C22H30N2O5/c1-5-29-21(27)22(14-18(20(26)28-4)24-16(3)25)13-9-12-19(22)23-15(2)17-10-7-6-8-11-17/h6-8,10-11,15,18H,5,9,12-14H2,1-4H3,(H,24,25)/b23-19+/t15-,18-,22-/m0/s1. The van der Waals surface area contributed by atoms with Gasteiger partial charge in [0.15, 0.2) is 0 Å². The fourth-order valence-electron chi connectivity index (χ4n) is 3.89. The van der Waals surface area contributed by atoms with Gasteiger partial charge in [0.05, 0.1) is 19.8 Å². The van der Waals surface area contributed by atoms with Crippen molar-refractivity contribution in [3.8, 4) is 0 Å². The molecule has 2 rings (SSSR count). The molecule has 0 heterocycles. The van der Waals surface area contributed by atoms with E-state index in [0.717, 1.165) is 12.0 Å². The van der Waals surface area contributed by atoms with Crippen LogP contribution in [0.15, 0.2) is 35.3 Å². The van der Waals surface area contributed by atoms with Crippen LogP contribution < -0.4 is 5.32 Å². The number of hydrogen-bond donors (Lipinski definition) is 1. The molecule has 1 saturated carbocycles. The van der Waals surface area contributed by atoms with Crippen molar-refractivity contribution in [2.45, 2.75) is 58.5 Å². The van der Waals surface area contributed by atoms with Crippen LogP contribution in [0, 0.1) is 5.41 Å². The molecule has 0 saturated heterocycles. The monoisotopic (exact) mass is 402 g/mol. The van der Waals surface area contributed by atoms with Crippen molar-refractivity contribution >= 4 is 23.6 Å². The Balaban J connectivity index is 2.43. The number of nitrogens with one attached hydrogen (secondary N) is 1. The van der Waals surface area contributed by atoms with Gasteiger partial charge in [0.1, 0.15) is 11.5 Å². The molecule has 1 aliphatic carbocycles. The van der Waals surface area contributed by atoms with Crippen LogP contribution in [0.5, 0.6) is 0 Å². The van der Waals surface area contributed by atoms with Crippen LogP contribution in [0.1, 0.15) is 58.1 Å². The van der Waals surface area contributed by atoms with Crippen LogP contribution in [-0.4, -0.2) is 43.3 Å². The predicted octanol–water partition coefficient (Wildman–Crippen LogP) is 2.99. The number of carbonyl (C=O) groups excluding carboxylic acids is 3. The highest BCUT2D eigenvalue weighted by atomic mass is 16.5. The Bertz CT molecular complexity index is 762. The van der Waals surface area contributed by atoms with Crippen LogP contribution in [-0.2, 0) is 23.9 Å². The van der Waals surface area contributed by atoms with Gasteiger partial charge in [0.2, 0.25) is 5.91 Å². The molecule has 0 radical (unpaired) electrons. The average Bonchev–Trinajstić information content (AvgIpc) is 3.10. The summed E-state index contributed by atoms with van der Waals surface area (Å²) in [6.45, 7) is 5.27. The minimum absolute atomic E-state index is 0.0679. The van der Waals surface area contributed by atoms with Gasteiger partial charge in [-0.25, -0.2) is 4.79 Å². The summed E-state index contributed by atoms with van der Waals surface area (Å²) >= 11 is 0.